The lowest BCUT2D eigenvalue weighted by atomic mass is 9.94. The van der Waals surface area contributed by atoms with Gasteiger partial charge in [-0.25, -0.2) is 8.91 Å². The van der Waals surface area contributed by atoms with E-state index in [1.165, 1.54) is 33.2 Å². The van der Waals surface area contributed by atoms with Crippen LogP contribution in [0.15, 0.2) is 60.9 Å². The van der Waals surface area contributed by atoms with Gasteiger partial charge in [-0.1, -0.05) is 12.1 Å². The third kappa shape index (κ3) is 6.67. The number of pyridine rings is 1. The molecular weight excluding hydrogens is 525 g/mol. The first-order valence-electron chi connectivity index (χ1n) is 13.0. The monoisotopic (exact) mass is 557 g/mol. The smallest absolute Gasteiger partial charge is 0.255 e. The number of aromatic nitrogens is 3. The Morgan fingerprint density at radius 3 is 2.44 bits per heavy atom. The number of hydrogen-bond acceptors (Lipinski definition) is 7. The molecule has 0 saturated heterocycles. The normalized spacial score (nSPS) is 12.4. The number of nitriles is 1. The van der Waals surface area contributed by atoms with E-state index >= 15 is 0 Å². The lowest BCUT2D eigenvalue weighted by Crippen LogP contribution is -2.42. The summed E-state index contributed by atoms with van der Waals surface area (Å²) in [4.78, 5) is 29.2. The standard InChI is InChI=1S/C30H32FN7O3/c1-18(39)37-29(2,3)20-6-8-21(9-7-20)36-24-13-25(26-11-10-22-12-19(14-32)15-35-38(22)26)33-16-23(24)28(40)34-17-27(31)30(4,5)41/h6-13,15-16,27,41H,17H2,1-5H3,(H,33,36)(H,34,40)(H,37,39)/t27-/m1/s1. The van der Waals surface area contributed by atoms with Crippen molar-refractivity contribution >= 4 is 28.7 Å². The summed E-state index contributed by atoms with van der Waals surface area (Å²) in [6, 6.07) is 16.5. The summed E-state index contributed by atoms with van der Waals surface area (Å²) in [5.74, 6) is -0.716. The zero-order valence-electron chi connectivity index (χ0n) is 23.5. The third-order valence-electron chi connectivity index (χ3n) is 6.62. The predicted octanol–water partition coefficient (Wildman–Crippen LogP) is 4.22. The largest absolute Gasteiger partial charge is 0.387 e. The molecule has 41 heavy (non-hydrogen) atoms. The van der Waals surface area contributed by atoms with Crippen LogP contribution in [0.3, 0.4) is 0 Å². The van der Waals surface area contributed by atoms with Crippen molar-refractivity contribution in [3.63, 3.8) is 0 Å². The average Bonchev–Trinajstić information content (AvgIpc) is 3.33. The van der Waals surface area contributed by atoms with Gasteiger partial charge >= 0.3 is 0 Å². The first kappa shape index (κ1) is 29.2. The maximum absolute atomic E-state index is 14.3. The Kier molecular flexibility index (Phi) is 8.07. The van der Waals surface area contributed by atoms with Crippen molar-refractivity contribution in [2.45, 2.75) is 51.9 Å². The van der Waals surface area contributed by atoms with Crippen LogP contribution in [-0.2, 0) is 10.3 Å². The molecule has 0 saturated carbocycles. The van der Waals surface area contributed by atoms with Crippen molar-refractivity contribution in [3.05, 3.63) is 77.6 Å². The van der Waals surface area contributed by atoms with Gasteiger partial charge in [0.05, 0.1) is 57.6 Å². The maximum atomic E-state index is 14.3. The molecule has 11 heteroatoms. The van der Waals surface area contributed by atoms with Crippen LogP contribution in [0.1, 0.15) is 56.1 Å². The number of aliphatic hydroxyl groups is 1. The molecule has 4 rings (SSSR count). The van der Waals surface area contributed by atoms with Gasteiger partial charge in [-0.15, -0.1) is 0 Å². The van der Waals surface area contributed by atoms with E-state index in [1.807, 2.05) is 50.2 Å². The fraction of sp³-hybridized carbons (Fsp3) is 0.300. The van der Waals surface area contributed by atoms with Gasteiger partial charge in [0.15, 0.2) is 0 Å². The molecule has 3 heterocycles. The zero-order chi connectivity index (χ0) is 29.9. The Morgan fingerprint density at radius 1 is 1.10 bits per heavy atom. The number of fused-ring (bicyclic) bond motifs is 1. The molecule has 10 nitrogen and oxygen atoms in total. The predicted molar refractivity (Wildman–Crippen MR) is 153 cm³/mol. The van der Waals surface area contributed by atoms with E-state index in [-0.39, 0.29) is 18.0 Å². The van der Waals surface area contributed by atoms with E-state index in [9.17, 15) is 24.3 Å². The van der Waals surface area contributed by atoms with Gasteiger partial charge in [-0.05, 0) is 69.7 Å². The number of alkyl halides is 1. The molecule has 1 atom stereocenters. The SMILES string of the molecule is CC(=O)NC(C)(C)c1ccc(Nc2cc(-c3ccc4cc(C#N)cnn34)ncc2C(=O)NC[C@@H](F)C(C)(C)O)cc1. The second-order valence-electron chi connectivity index (χ2n) is 10.9. The van der Waals surface area contributed by atoms with Gasteiger partial charge in [0.2, 0.25) is 5.91 Å². The minimum Gasteiger partial charge on any atom is -0.387 e. The van der Waals surface area contributed by atoms with Gasteiger partial charge < -0.3 is 21.1 Å². The number of benzene rings is 1. The van der Waals surface area contributed by atoms with Crippen LogP contribution in [0, 0.1) is 11.3 Å². The van der Waals surface area contributed by atoms with Crippen LogP contribution in [0.5, 0.6) is 0 Å². The minimum atomic E-state index is -1.67. The van der Waals surface area contributed by atoms with Gasteiger partial charge in [0.1, 0.15) is 12.2 Å². The summed E-state index contributed by atoms with van der Waals surface area (Å²) in [7, 11) is 0. The molecule has 0 radical (unpaired) electrons. The summed E-state index contributed by atoms with van der Waals surface area (Å²) >= 11 is 0. The van der Waals surface area contributed by atoms with Gasteiger partial charge in [-0.3, -0.25) is 14.6 Å². The van der Waals surface area contributed by atoms with Crippen molar-refractivity contribution in [3.8, 4) is 17.5 Å². The fourth-order valence-electron chi connectivity index (χ4n) is 4.30. The number of rotatable bonds is 9. The molecule has 0 unspecified atom stereocenters. The number of anilines is 2. The number of nitrogens with zero attached hydrogens (tertiary/aromatic N) is 4. The number of amides is 2. The van der Waals surface area contributed by atoms with Crippen molar-refractivity contribution in [2.75, 3.05) is 11.9 Å². The first-order valence-corrected chi connectivity index (χ1v) is 13.0. The maximum Gasteiger partial charge on any atom is 0.255 e. The molecule has 3 aromatic heterocycles. The van der Waals surface area contributed by atoms with E-state index < -0.39 is 23.2 Å². The van der Waals surface area contributed by atoms with E-state index in [4.69, 9.17) is 0 Å². The summed E-state index contributed by atoms with van der Waals surface area (Å²) in [6.07, 6.45) is 1.17. The van der Waals surface area contributed by atoms with Crippen molar-refractivity contribution in [1.82, 2.24) is 25.2 Å². The average molecular weight is 558 g/mol. The summed E-state index contributed by atoms with van der Waals surface area (Å²) in [5.41, 5.74) is 2.19. The molecule has 0 aliphatic rings. The number of hydrogen-bond donors (Lipinski definition) is 4. The fourth-order valence-corrected chi connectivity index (χ4v) is 4.30. The summed E-state index contributed by atoms with van der Waals surface area (Å²) in [6.45, 7) is 7.54. The van der Waals surface area contributed by atoms with Crippen molar-refractivity contribution in [1.29, 1.82) is 5.26 Å². The minimum absolute atomic E-state index is 0.145. The number of nitrogens with one attached hydrogen (secondary N) is 3. The van der Waals surface area contributed by atoms with Gasteiger partial charge in [0, 0.05) is 18.8 Å². The molecule has 212 valence electrons. The number of halogens is 1. The molecule has 4 N–H and O–H groups in total. The van der Waals surface area contributed by atoms with Crippen molar-refractivity contribution in [2.24, 2.45) is 0 Å². The molecule has 0 aliphatic heterocycles. The molecule has 0 spiro atoms. The Balaban J connectivity index is 1.69. The van der Waals surface area contributed by atoms with Crippen LogP contribution >= 0.6 is 0 Å². The molecule has 4 aromatic rings. The second kappa shape index (κ2) is 11.3. The van der Waals surface area contributed by atoms with Crippen LogP contribution < -0.4 is 16.0 Å². The van der Waals surface area contributed by atoms with Crippen LogP contribution in [0.25, 0.3) is 16.9 Å². The van der Waals surface area contributed by atoms with Crippen LogP contribution in [-0.4, -0.2) is 49.8 Å². The molecule has 0 aliphatic carbocycles. The Bertz CT molecular complexity index is 1630. The van der Waals surface area contributed by atoms with E-state index in [1.54, 1.807) is 16.6 Å². The van der Waals surface area contributed by atoms with E-state index in [0.29, 0.717) is 33.8 Å². The Hall–Kier alpha value is -4.82. The Labute approximate surface area is 237 Å². The summed E-state index contributed by atoms with van der Waals surface area (Å²) in [5, 5.41) is 32.1. The second-order valence-corrected chi connectivity index (χ2v) is 10.9. The van der Waals surface area contributed by atoms with Gasteiger partial charge in [-0.2, -0.15) is 10.4 Å². The van der Waals surface area contributed by atoms with Crippen LogP contribution in [0.4, 0.5) is 15.8 Å². The first-order chi connectivity index (χ1) is 19.3. The number of carbonyl (C=O) groups is 2. The molecular formula is C30H32FN7O3. The number of carbonyl (C=O) groups excluding carboxylic acids is 2. The highest BCUT2D eigenvalue weighted by Crippen LogP contribution is 2.29. The third-order valence-corrected chi connectivity index (χ3v) is 6.62. The molecule has 1 aromatic carbocycles. The summed E-state index contributed by atoms with van der Waals surface area (Å²) < 4.78 is 16.0. The van der Waals surface area contributed by atoms with Gasteiger partial charge in [0.25, 0.3) is 5.91 Å². The zero-order valence-corrected chi connectivity index (χ0v) is 23.5. The van der Waals surface area contributed by atoms with Crippen molar-refractivity contribution < 1.29 is 19.1 Å². The highest BCUT2D eigenvalue weighted by atomic mass is 19.1. The van der Waals surface area contributed by atoms with Crippen LogP contribution in [0.2, 0.25) is 0 Å². The topological polar surface area (TPSA) is 144 Å². The lowest BCUT2D eigenvalue weighted by molar-refractivity contribution is -0.120. The quantitative estimate of drug-likeness (QED) is 0.241. The molecule has 0 fully saturated rings. The highest BCUT2D eigenvalue weighted by Gasteiger charge is 2.27. The lowest BCUT2D eigenvalue weighted by Gasteiger charge is -2.26. The highest BCUT2D eigenvalue weighted by molar-refractivity contribution is 6.00. The van der Waals surface area contributed by atoms with E-state index in [0.717, 1.165) is 5.56 Å². The van der Waals surface area contributed by atoms with E-state index in [2.05, 4.69) is 32.1 Å². The molecule has 0 bridgehead atoms. The molecule has 2 amide bonds. The Morgan fingerprint density at radius 2 is 1.80 bits per heavy atom.